The Morgan fingerprint density at radius 1 is 0.867 bits per heavy atom. The average molecular weight is 404 g/mol. The van der Waals surface area contributed by atoms with Crippen LogP contribution >= 0.6 is 0 Å². The first kappa shape index (κ1) is 21.1. The molecular formula is C25H24O5. The van der Waals surface area contributed by atoms with Crippen molar-refractivity contribution in [3.8, 4) is 17.2 Å². The Balaban J connectivity index is 1.72. The lowest BCUT2D eigenvalue weighted by Crippen LogP contribution is -2.14. The summed E-state index contributed by atoms with van der Waals surface area (Å²) < 4.78 is 11.1. The minimum atomic E-state index is -0.917. The average Bonchev–Trinajstić information content (AvgIpc) is 2.74. The van der Waals surface area contributed by atoms with Crippen LogP contribution in [0.2, 0.25) is 0 Å². The fourth-order valence-electron chi connectivity index (χ4n) is 3.10. The Labute approximate surface area is 175 Å². The third-order valence-corrected chi connectivity index (χ3v) is 4.58. The predicted octanol–water partition coefficient (Wildman–Crippen LogP) is 5.60. The molecule has 0 bridgehead atoms. The van der Waals surface area contributed by atoms with Gasteiger partial charge in [0.25, 0.3) is 0 Å². The first-order valence-electron chi connectivity index (χ1n) is 9.90. The minimum absolute atomic E-state index is 0.296. The lowest BCUT2D eigenvalue weighted by atomic mass is 9.92. The Hall–Kier alpha value is -3.60. The Kier molecular flexibility index (Phi) is 7.22. The maximum Gasteiger partial charge on any atom is 0.311 e. The van der Waals surface area contributed by atoms with E-state index in [9.17, 15) is 14.7 Å². The van der Waals surface area contributed by atoms with Crippen LogP contribution in [0.1, 0.15) is 36.8 Å². The van der Waals surface area contributed by atoms with Crippen molar-refractivity contribution in [1.82, 2.24) is 0 Å². The van der Waals surface area contributed by atoms with E-state index in [2.05, 4.69) is 0 Å². The third kappa shape index (κ3) is 5.95. The van der Waals surface area contributed by atoms with Crippen molar-refractivity contribution in [3.05, 3.63) is 90.0 Å². The molecule has 1 N–H and O–H groups in total. The lowest BCUT2D eigenvalue weighted by molar-refractivity contribution is -0.139. The molecule has 5 heteroatoms. The second kappa shape index (κ2) is 10.3. The summed E-state index contributed by atoms with van der Waals surface area (Å²) in [7, 11) is 0. The minimum Gasteiger partial charge on any atom is -0.481 e. The Bertz CT molecular complexity index is 980. The molecule has 0 aliphatic carbocycles. The van der Waals surface area contributed by atoms with E-state index < -0.39 is 11.9 Å². The van der Waals surface area contributed by atoms with Gasteiger partial charge in [-0.25, -0.2) is 0 Å². The number of hydrogen-bond donors (Lipinski definition) is 1. The molecule has 0 spiro atoms. The normalized spacial score (nSPS) is 11.5. The van der Waals surface area contributed by atoms with Crippen LogP contribution in [0.5, 0.6) is 17.2 Å². The Morgan fingerprint density at radius 2 is 1.57 bits per heavy atom. The fourth-order valence-corrected chi connectivity index (χ4v) is 3.10. The topological polar surface area (TPSA) is 72.8 Å². The highest BCUT2D eigenvalue weighted by Gasteiger charge is 2.21. The van der Waals surface area contributed by atoms with Gasteiger partial charge in [-0.3, -0.25) is 9.59 Å². The maximum atomic E-state index is 11.9. The molecule has 3 rings (SSSR count). The molecule has 3 aromatic rings. The fraction of sp³-hybridized carbons (Fsp3) is 0.200. The molecule has 30 heavy (non-hydrogen) atoms. The van der Waals surface area contributed by atoms with E-state index in [-0.39, 0.29) is 5.97 Å². The number of para-hydroxylation sites is 1. The molecule has 0 aromatic heterocycles. The summed E-state index contributed by atoms with van der Waals surface area (Å²) in [5.41, 5.74) is 1.50. The molecule has 154 valence electrons. The van der Waals surface area contributed by atoms with Crippen molar-refractivity contribution in [3.63, 3.8) is 0 Å². The number of carboxylic acid groups (broad SMARTS) is 1. The van der Waals surface area contributed by atoms with E-state index in [0.717, 1.165) is 11.3 Å². The number of esters is 1. The van der Waals surface area contributed by atoms with Crippen molar-refractivity contribution in [2.45, 2.75) is 32.1 Å². The molecule has 5 nitrogen and oxygen atoms in total. The van der Waals surface area contributed by atoms with Gasteiger partial charge < -0.3 is 14.6 Å². The molecule has 0 aliphatic heterocycles. The van der Waals surface area contributed by atoms with Crippen LogP contribution in [-0.2, 0) is 16.0 Å². The van der Waals surface area contributed by atoms with Gasteiger partial charge in [0.1, 0.15) is 17.2 Å². The van der Waals surface area contributed by atoms with Gasteiger partial charge in [-0.1, -0.05) is 49.4 Å². The summed E-state index contributed by atoms with van der Waals surface area (Å²) in [4.78, 5) is 23.5. The SMILES string of the molecule is CCCC(=O)Oc1ccc(C(Cc2cccc(Oc3ccccc3)c2)C(=O)O)cc1. The van der Waals surface area contributed by atoms with Crippen LogP contribution < -0.4 is 9.47 Å². The van der Waals surface area contributed by atoms with Gasteiger partial charge in [0.2, 0.25) is 0 Å². The molecule has 1 unspecified atom stereocenters. The second-order valence-corrected chi connectivity index (χ2v) is 6.95. The van der Waals surface area contributed by atoms with E-state index >= 15 is 0 Å². The van der Waals surface area contributed by atoms with E-state index in [0.29, 0.717) is 36.3 Å². The van der Waals surface area contributed by atoms with Crippen LogP contribution in [0.25, 0.3) is 0 Å². The van der Waals surface area contributed by atoms with Crippen LogP contribution in [-0.4, -0.2) is 17.0 Å². The summed E-state index contributed by atoms with van der Waals surface area (Å²) >= 11 is 0. The van der Waals surface area contributed by atoms with Gasteiger partial charge in [0.15, 0.2) is 0 Å². The van der Waals surface area contributed by atoms with E-state index in [1.54, 1.807) is 24.3 Å². The number of benzene rings is 3. The van der Waals surface area contributed by atoms with Crippen molar-refractivity contribution in [2.75, 3.05) is 0 Å². The number of carboxylic acids is 1. The number of hydrogen-bond acceptors (Lipinski definition) is 4. The summed E-state index contributed by atoms with van der Waals surface area (Å²) in [6.07, 6.45) is 1.38. The number of carbonyl (C=O) groups excluding carboxylic acids is 1. The van der Waals surface area contributed by atoms with Crippen molar-refractivity contribution < 1.29 is 24.2 Å². The highest BCUT2D eigenvalue weighted by atomic mass is 16.5. The summed E-state index contributed by atoms with van der Waals surface area (Å²) in [6.45, 7) is 1.90. The van der Waals surface area contributed by atoms with Gasteiger partial charge in [-0.15, -0.1) is 0 Å². The standard InChI is InChI=1S/C25H24O5/c1-2-7-24(26)30-21-14-12-19(13-15-21)23(25(27)28)17-18-8-6-11-22(16-18)29-20-9-4-3-5-10-20/h3-6,8-16,23H,2,7,17H2,1H3,(H,27,28). The first-order valence-corrected chi connectivity index (χ1v) is 9.90. The molecule has 0 saturated heterocycles. The predicted molar refractivity (Wildman–Crippen MR) is 114 cm³/mol. The van der Waals surface area contributed by atoms with Crippen LogP contribution in [0.3, 0.4) is 0 Å². The Morgan fingerprint density at radius 3 is 2.23 bits per heavy atom. The van der Waals surface area contributed by atoms with Gasteiger partial charge >= 0.3 is 11.9 Å². The van der Waals surface area contributed by atoms with Crippen molar-refractivity contribution in [1.29, 1.82) is 0 Å². The first-order chi connectivity index (χ1) is 14.5. The molecule has 0 fully saturated rings. The van der Waals surface area contributed by atoms with E-state index in [1.807, 2.05) is 61.5 Å². The summed E-state index contributed by atoms with van der Waals surface area (Å²) in [5, 5.41) is 9.76. The lowest BCUT2D eigenvalue weighted by Gasteiger charge is -2.14. The zero-order chi connectivity index (χ0) is 21.3. The molecule has 0 amide bonds. The molecule has 0 aliphatic rings. The zero-order valence-corrected chi connectivity index (χ0v) is 16.8. The van der Waals surface area contributed by atoms with Gasteiger partial charge in [-0.2, -0.15) is 0 Å². The summed E-state index contributed by atoms with van der Waals surface area (Å²) in [5.74, 6) is -0.147. The highest BCUT2D eigenvalue weighted by molar-refractivity contribution is 5.77. The van der Waals surface area contributed by atoms with Crippen molar-refractivity contribution in [2.24, 2.45) is 0 Å². The largest absolute Gasteiger partial charge is 0.481 e. The van der Waals surface area contributed by atoms with Gasteiger partial charge in [0, 0.05) is 6.42 Å². The van der Waals surface area contributed by atoms with Crippen LogP contribution in [0, 0.1) is 0 Å². The van der Waals surface area contributed by atoms with E-state index in [4.69, 9.17) is 9.47 Å². The third-order valence-electron chi connectivity index (χ3n) is 4.58. The van der Waals surface area contributed by atoms with Gasteiger partial charge in [-0.05, 0) is 60.4 Å². The quantitative estimate of drug-likeness (QED) is 0.371. The van der Waals surface area contributed by atoms with Crippen LogP contribution in [0.15, 0.2) is 78.9 Å². The van der Waals surface area contributed by atoms with E-state index in [1.165, 1.54) is 0 Å². The molecule has 0 radical (unpaired) electrons. The number of carbonyl (C=O) groups is 2. The molecule has 3 aromatic carbocycles. The smallest absolute Gasteiger partial charge is 0.311 e. The van der Waals surface area contributed by atoms with Crippen molar-refractivity contribution >= 4 is 11.9 Å². The second-order valence-electron chi connectivity index (χ2n) is 6.95. The zero-order valence-electron chi connectivity index (χ0n) is 16.8. The van der Waals surface area contributed by atoms with Gasteiger partial charge in [0.05, 0.1) is 5.92 Å². The molecular weight excluding hydrogens is 380 g/mol. The molecule has 0 heterocycles. The highest BCUT2D eigenvalue weighted by Crippen LogP contribution is 2.27. The molecule has 1 atom stereocenters. The number of ether oxygens (including phenoxy) is 2. The summed E-state index contributed by atoms with van der Waals surface area (Å²) in [6, 6.07) is 23.5. The number of rotatable bonds is 9. The maximum absolute atomic E-state index is 11.9. The number of aliphatic carboxylic acids is 1. The molecule has 0 saturated carbocycles. The monoisotopic (exact) mass is 404 g/mol. The van der Waals surface area contributed by atoms with Crippen LogP contribution in [0.4, 0.5) is 0 Å².